The number of aromatic nitrogens is 2. The molecule has 1 amide bonds. The summed E-state index contributed by atoms with van der Waals surface area (Å²) in [7, 11) is 0. The van der Waals surface area contributed by atoms with E-state index in [1.807, 2.05) is 35.7 Å². The fourth-order valence-corrected chi connectivity index (χ4v) is 4.51. The van der Waals surface area contributed by atoms with Crippen molar-refractivity contribution in [1.29, 1.82) is 0 Å². The summed E-state index contributed by atoms with van der Waals surface area (Å²) in [6, 6.07) is 17.1. The highest BCUT2D eigenvalue weighted by Crippen LogP contribution is 2.35. The number of carbonyl (C=O) groups excluding carboxylic acids is 1. The smallest absolute Gasteiger partial charge is 0.249 e. The van der Waals surface area contributed by atoms with Crippen LogP contribution in [0.4, 0.5) is 4.39 Å². The molecule has 4 aromatic rings. The monoisotopic (exact) mass is 461 g/mol. The Balaban J connectivity index is 1.41. The van der Waals surface area contributed by atoms with Gasteiger partial charge in [-0.1, -0.05) is 30.3 Å². The molecule has 166 valence electrons. The first-order chi connectivity index (χ1) is 16.2. The van der Waals surface area contributed by atoms with Crippen LogP contribution in [0.5, 0.6) is 11.5 Å². The summed E-state index contributed by atoms with van der Waals surface area (Å²) in [4.78, 5) is 23.6. The maximum atomic E-state index is 13.3. The third-order valence-corrected chi connectivity index (χ3v) is 6.25. The molecule has 0 aliphatic carbocycles. The molecular formula is C25H20FN3O3S. The van der Waals surface area contributed by atoms with E-state index in [2.05, 4.69) is 4.98 Å². The van der Waals surface area contributed by atoms with Crippen molar-refractivity contribution in [2.45, 2.75) is 12.6 Å². The van der Waals surface area contributed by atoms with Crippen molar-refractivity contribution < 1.29 is 18.7 Å². The predicted molar refractivity (Wildman–Crippen MR) is 122 cm³/mol. The average molecular weight is 462 g/mol. The summed E-state index contributed by atoms with van der Waals surface area (Å²) in [5.41, 5.74) is 2.57. The van der Waals surface area contributed by atoms with Gasteiger partial charge in [0.05, 0.1) is 24.9 Å². The van der Waals surface area contributed by atoms with Crippen LogP contribution in [-0.4, -0.2) is 34.0 Å². The van der Waals surface area contributed by atoms with Gasteiger partial charge in [-0.15, -0.1) is 11.3 Å². The van der Waals surface area contributed by atoms with Gasteiger partial charge in [-0.2, -0.15) is 0 Å². The zero-order chi connectivity index (χ0) is 22.6. The van der Waals surface area contributed by atoms with E-state index in [1.54, 1.807) is 46.8 Å². The number of pyridine rings is 1. The van der Waals surface area contributed by atoms with Crippen LogP contribution < -0.4 is 4.74 Å². The van der Waals surface area contributed by atoms with Crippen molar-refractivity contribution >= 4 is 17.2 Å². The third-order valence-electron chi connectivity index (χ3n) is 5.31. The van der Waals surface area contributed by atoms with Crippen LogP contribution in [0.3, 0.4) is 0 Å². The lowest BCUT2D eigenvalue weighted by Gasteiger charge is -2.35. The lowest BCUT2D eigenvalue weighted by molar-refractivity contribution is -0.149. The van der Waals surface area contributed by atoms with Crippen molar-refractivity contribution in [3.8, 4) is 22.1 Å². The zero-order valence-electron chi connectivity index (χ0n) is 17.6. The van der Waals surface area contributed by atoms with E-state index in [0.717, 1.165) is 16.3 Å². The molecule has 1 unspecified atom stereocenters. The minimum Gasteiger partial charge on any atom is -0.457 e. The highest BCUT2D eigenvalue weighted by atomic mass is 32.1. The number of thiazole rings is 1. The summed E-state index contributed by atoms with van der Waals surface area (Å²) in [6.45, 7) is 0.675. The fourth-order valence-electron chi connectivity index (χ4n) is 3.69. The van der Waals surface area contributed by atoms with Gasteiger partial charge in [-0.05, 0) is 30.3 Å². The number of benzene rings is 2. The molecule has 33 heavy (non-hydrogen) atoms. The van der Waals surface area contributed by atoms with Crippen LogP contribution in [-0.2, 0) is 16.1 Å². The highest BCUT2D eigenvalue weighted by Gasteiger charge is 2.33. The average Bonchev–Trinajstić information content (AvgIpc) is 3.32. The first-order valence-electron chi connectivity index (χ1n) is 10.4. The topological polar surface area (TPSA) is 64.6 Å². The molecule has 0 saturated carbocycles. The second-order valence-electron chi connectivity index (χ2n) is 7.53. The molecule has 3 heterocycles. The van der Waals surface area contributed by atoms with Crippen molar-refractivity contribution in [3.63, 3.8) is 0 Å². The SMILES string of the molecule is O=C1COCC(c2cnccc2Oc2ccc(F)cc2)N1Cc1csc(-c2ccccc2)n1. The molecule has 0 spiro atoms. The lowest BCUT2D eigenvalue weighted by atomic mass is 10.1. The number of hydrogen-bond acceptors (Lipinski definition) is 6. The van der Waals surface area contributed by atoms with E-state index in [9.17, 15) is 9.18 Å². The molecule has 8 heteroatoms. The van der Waals surface area contributed by atoms with Gasteiger partial charge in [0.1, 0.15) is 28.9 Å². The highest BCUT2D eigenvalue weighted by molar-refractivity contribution is 7.13. The van der Waals surface area contributed by atoms with Crippen LogP contribution in [0.2, 0.25) is 0 Å². The Hall–Kier alpha value is -3.62. The lowest BCUT2D eigenvalue weighted by Crippen LogP contribution is -2.43. The van der Waals surface area contributed by atoms with Gasteiger partial charge in [0, 0.05) is 28.9 Å². The normalized spacial score (nSPS) is 16.1. The number of carbonyl (C=O) groups is 1. The van der Waals surface area contributed by atoms with Crippen LogP contribution in [0.1, 0.15) is 17.3 Å². The second kappa shape index (κ2) is 9.48. The number of rotatable bonds is 6. The summed E-state index contributed by atoms with van der Waals surface area (Å²) >= 11 is 1.55. The predicted octanol–water partition coefficient (Wildman–Crippen LogP) is 5.24. The maximum Gasteiger partial charge on any atom is 0.249 e. The summed E-state index contributed by atoms with van der Waals surface area (Å²) in [5.74, 6) is 0.559. The van der Waals surface area contributed by atoms with E-state index >= 15 is 0 Å². The molecule has 1 saturated heterocycles. The van der Waals surface area contributed by atoms with Crippen molar-refractivity contribution in [3.05, 3.63) is 95.5 Å². The molecular weight excluding hydrogens is 441 g/mol. The van der Waals surface area contributed by atoms with Crippen LogP contribution in [0.15, 0.2) is 78.4 Å². The molecule has 2 aromatic heterocycles. The van der Waals surface area contributed by atoms with Gasteiger partial charge in [0.15, 0.2) is 0 Å². The number of halogens is 1. The molecule has 1 aliphatic rings. The number of ether oxygens (including phenoxy) is 2. The van der Waals surface area contributed by atoms with Crippen molar-refractivity contribution in [2.75, 3.05) is 13.2 Å². The van der Waals surface area contributed by atoms with Gasteiger partial charge in [0.25, 0.3) is 0 Å². The summed E-state index contributed by atoms with van der Waals surface area (Å²) < 4.78 is 24.8. The molecule has 5 rings (SSSR count). The van der Waals surface area contributed by atoms with Crippen LogP contribution >= 0.6 is 11.3 Å². The second-order valence-corrected chi connectivity index (χ2v) is 8.39. The minimum absolute atomic E-state index is 0.0145. The quantitative estimate of drug-likeness (QED) is 0.393. The maximum absolute atomic E-state index is 13.3. The van der Waals surface area contributed by atoms with Gasteiger partial charge < -0.3 is 14.4 Å². The molecule has 6 nitrogen and oxygen atoms in total. The van der Waals surface area contributed by atoms with E-state index in [-0.39, 0.29) is 18.3 Å². The Morgan fingerprint density at radius 2 is 1.94 bits per heavy atom. The molecule has 1 atom stereocenters. The third kappa shape index (κ3) is 4.76. The minimum atomic E-state index is -0.391. The molecule has 1 fully saturated rings. The Labute approximate surface area is 194 Å². The van der Waals surface area contributed by atoms with E-state index in [1.165, 1.54) is 12.1 Å². The Morgan fingerprint density at radius 1 is 1.12 bits per heavy atom. The van der Waals surface area contributed by atoms with Crippen LogP contribution in [0, 0.1) is 5.82 Å². The zero-order valence-corrected chi connectivity index (χ0v) is 18.4. The molecule has 0 bridgehead atoms. The van der Waals surface area contributed by atoms with Crippen LogP contribution in [0.25, 0.3) is 10.6 Å². The van der Waals surface area contributed by atoms with E-state index in [0.29, 0.717) is 30.2 Å². The summed E-state index contributed by atoms with van der Waals surface area (Å²) in [6.07, 6.45) is 3.29. The Morgan fingerprint density at radius 3 is 2.76 bits per heavy atom. The molecule has 2 aromatic carbocycles. The summed E-state index contributed by atoms with van der Waals surface area (Å²) in [5, 5.41) is 2.88. The first-order valence-corrected chi connectivity index (χ1v) is 11.3. The number of hydrogen-bond donors (Lipinski definition) is 0. The van der Waals surface area contributed by atoms with E-state index < -0.39 is 6.04 Å². The molecule has 0 N–H and O–H groups in total. The van der Waals surface area contributed by atoms with E-state index in [4.69, 9.17) is 14.5 Å². The van der Waals surface area contributed by atoms with Gasteiger partial charge in [-0.25, -0.2) is 9.37 Å². The Kier molecular flexibility index (Phi) is 6.10. The number of nitrogens with zero attached hydrogens (tertiary/aromatic N) is 3. The molecule has 1 aliphatic heterocycles. The first kappa shape index (κ1) is 21.2. The van der Waals surface area contributed by atoms with Gasteiger partial charge in [-0.3, -0.25) is 9.78 Å². The number of amides is 1. The van der Waals surface area contributed by atoms with Crippen molar-refractivity contribution in [2.24, 2.45) is 0 Å². The standard InChI is InChI=1S/C25H20FN3O3S/c26-18-6-8-20(9-7-18)32-23-10-11-27-12-21(23)22-14-31-15-24(30)29(22)13-19-16-33-25(28-19)17-4-2-1-3-5-17/h1-12,16,22H,13-15H2. The van der Waals surface area contributed by atoms with Crippen molar-refractivity contribution in [1.82, 2.24) is 14.9 Å². The number of morpholine rings is 1. The fraction of sp³-hybridized carbons (Fsp3) is 0.160. The van der Waals surface area contributed by atoms with Gasteiger partial charge in [0.2, 0.25) is 5.91 Å². The largest absolute Gasteiger partial charge is 0.457 e. The van der Waals surface area contributed by atoms with Gasteiger partial charge >= 0.3 is 0 Å². The molecule has 0 radical (unpaired) electrons. The Bertz CT molecular complexity index is 1250.